The highest BCUT2D eigenvalue weighted by Gasteiger charge is 2.41. The first-order valence-electron chi connectivity index (χ1n) is 8.22. The number of carbonyl (C=O) groups excluding carboxylic acids is 1. The molecule has 0 aliphatic carbocycles. The van der Waals surface area contributed by atoms with E-state index < -0.39 is 11.4 Å². The molecule has 2 N–H and O–H groups in total. The summed E-state index contributed by atoms with van der Waals surface area (Å²) in [6.45, 7) is 7.76. The van der Waals surface area contributed by atoms with Crippen molar-refractivity contribution in [1.82, 2.24) is 10.2 Å². The van der Waals surface area contributed by atoms with Gasteiger partial charge in [0.2, 0.25) is 5.91 Å². The Balaban J connectivity index is 2.59. The van der Waals surface area contributed by atoms with Crippen molar-refractivity contribution in [3.05, 3.63) is 0 Å². The minimum atomic E-state index is -0.713. The Hall–Kier alpha value is -1.10. The number of piperidine rings is 1. The summed E-state index contributed by atoms with van der Waals surface area (Å²) in [7, 11) is 0. The third kappa shape index (κ3) is 4.99. The molecule has 1 aliphatic rings. The monoisotopic (exact) mass is 298 g/mol. The number of nitrogens with one attached hydrogen (secondary N) is 1. The summed E-state index contributed by atoms with van der Waals surface area (Å²) in [6.07, 6.45) is 4.98. The third-order valence-electron chi connectivity index (χ3n) is 4.56. The van der Waals surface area contributed by atoms with Gasteiger partial charge in [-0.3, -0.25) is 14.5 Å². The molecule has 0 radical (unpaired) electrons. The van der Waals surface area contributed by atoms with Crippen molar-refractivity contribution in [2.24, 2.45) is 5.41 Å². The maximum atomic E-state index is 12.1. The largest absolute Gasteiger partial charge is 0.481 e. The first-order valence-corrected chi connectivity index (χ1v) is 8.22. The first-order chi connectivity index (χ1) is 9.97. The first kappa shape index (κ1) is 18.0. The van der Waals surface area contributed by atoms with E-state index in [-0.39, 0.29) is 11.9 Å². The van der Waals surface area contributed by atoms with Gasteiger partial charge in [-0.25, -0.2) is 0 Å². The van der Waals surface area contributed by atoms with Crippen LogP contribution < -0.4 is 5.32 Å². The summed E-state index contributed by atoms with van der Waals surface area (Å²) in [6, 6.07) is 0.224. The smallest absolute Gasteiger partial charge is 0.310 e. The number of likely N-dealkylation sites (tertiary alicyclic amines) is 1. The van der Waals surface area contributed by atoms with Gasteiger partial charge in [0.05, 0.1) is 12.0 Å². The topological polar surface area (TPSA) is 69.6 Å². The van der Waals surface area contributed by atoms with Crippen LogP contribution in [-0.2, 0) is 9.59 Å². The van der Waals surface area contributed by atoms with Gasteiger partial charge in [-0.05, 0) is 38.6 Å². The molecule has 1 amide bonds. The Morgan fingerprint density at radius 3 is 2.48 bits per heavy atom. The van der Waals surface area contributed by atoms with E-state index in [0.717, 1.165) is 38.6 Å². The Kier molecular flexibility index (Phi) is 7.15. The minimum absolute atomic E-state index is 0.0152. The van der Waals surface area contributed by atoms with Gasteiger partial charge in [0.1, 0.15) is 0 Å². The van der Waals surface area contributed by atoms with Gasteiger partial charge < -0.3 is 10.4 Å². The molecule has 0 aromatic heterocycles. The third-order valence-corrected chi connectivity index (χ3v) is 4.56. The van der Waals surface area contributed by atoms with E-state index in [9.17, 15) is 14.7 Å². The zero-order valence-electron chi connectivity index (χ0n) is 13.7. The molecule has 1 aliphatic heterocycles. The lowest BCUT2D eigenvalue weighted by Gasteiger charge is -2.39. The van der Waals surface area contributed by atoms with E-state index in [2.05, 4.69) is 19.2 Å². The van der Waals surface area contributed by atoms with E-state index in [0.29, 0.717) is 19.5 Å². The van der Waals surface area contributed by atoms with Crippen LogP contribution in [0.3, 0.4) is 0 Å². The molecule has 5 heteroatoms. The zero-order valence-corrected chi connectivity index (χ0v) is 13.7. The molecule has 0 spiro atoms. The quantitative estimate of drug-likeness (QED) is 0.721. The molecule has 21 heavy (non-hydrogen) atoms. The fourth-order valence-corrected chi connectivity index (χ4v) is 3.30. The Bertz CT molecular complexity index is 351. The summed E-state index contributed by atoms with van der Waals surface area (Å²) in [5.41, 5.74) is -0.664. The fourth-order valence-electron chi connectivity index (χ4n) is 3.30. The van der Waals surface area contributed by atoms with Crippen molar-refractivity contribution in [2.75, 3.05) is 19.6 Å². The fraction of sp³-hybridized carbons (Fsp3) is 0.875. The average Bonchev–Trinajstić information content (AvgIpc) is 2.45. The van der Waals surface area contributed by atoms with Crippen LogP contribution in [0.15, 0.2) is 0 Å². The molecule has 0 bridgehead atoms. The number of carboxylic acid groups (broad SMARTS) is 1. The summed E-state index contributed by atoms with van der Waals surface area (Å²) in [5.74, 6) is -0.698. The van der Waals surface area contributed by atoms with Crippen molar-refractivity contribution in [1.29, 1.82) is 0 Å². The Labute approximate surface area is 128 Å². The lowest BCUT2D eigenvalue weighted by Crippen LogP contribution is -2.51. The highest BCUT2D eigenvalue weighted by atomic mass is 16.4. The highest BCUT2D eigenvalue weighted by molar-refractivity contribution is 5.79. The molecule has 5 nitrogen and oxygen atoms in total. The van der Waals surface area contributed by atoms with E-state index >= 15 is 0 Å². The lowest BCUT2D eigenvalue weighted by molar-refractivity contribution is -0.154. The van der Waals surface area contributed by atoms with Crippen LogP contribution in [-0.4, -0.2) is 47.6 Å². The molecule has 0 aromatic rings. The second-order valence-corrected chi connectivity index (χ2v) is 6.23. The van der Waals surface area contributed by atoms with Gasteiger partial charge in [-0.1, -0.05) is 27.2 Å². The van der Waals surface area contributed by atoms with Crippen molar-refractivity contribution in [2.45, 2.75) is 65.3 Å². The molecule has 1 rings (SSSR count). The second kappa shape index (κ2) is 8.37. The number of nitrogens with zero attached hydrogens (tertiary/aromatic N) is 1. The number of carbonyl (C=O) groups is 2. The number of hydrogen-bond acceptors (Lipinski definition) is 3. The number of hydrogen-bond donors (Lipinski definition) is 2. The van der Waals surface area contributed by atoms with E-state index in [1.54, 1.807) is 0 Å². The molecule has 1 heterocycles. The van der Waals surface area contributed by atoms with Crippen LogP contribution in [0.1, 0.15) is 59.3 Å². The SMILES string of the molecule is CCCC1(C(=O)O)CCCN(CC(=O)NC(CC)CC)C1. The normalized spacial score (nSPS) is 23.2. The van der Waals surface area contributed by atoms with Gasteiger partial charge in [0.15, 0.2) is 0 Å². The van der Waals surface area contributed by atoms with Crippen LogP contribution in [0.4, 0.5) is 0 Å². The van der Waals surface area contributed by atoms with Gasteiger partial charge in [-0.2, -0.15) is 0 Å². The average molecular weight is 298 g/mol. The van der Waals surface area contributed by atoms with Crippen molar-refractivity contribution in [3.8, 4) is 0 Å². The molecule has 1 fully saturated rings. The second-order valence-electron chi connectivity index (χ2n) is 6.23. The summed E-state index contributed by atoms with van der Waals surface area (Å²) in [4.78, 5) is 25.7. The maximum Gasteiger partial charge on any atom is 0.310 e. The Morgan fingerprint density at radius 1 is 1.29 bits per heavy atom. The van der Waals surface area contributed by atoms with Crippen LogP contribution in [0, 0.1) is 5.41 Å². The highest BCUT2D eigenvalue weighted by Crippen LogP contribution is 2.34. The van der Waals surface area contributed by atoms with Crippen LogP contribution >= 0.6 is 0 Å². The molecule has 122 valence electrons. The van der Waals surface area contributed by atoms with Crippen molar-refractivity contribution < 1.29 is 14.7 Å². The van der Waals surface area contributed by atoms with E-state index in [1.807, 2.05) is 11.8 Å². The molecular formula is C16H30N2O3. The molecule has 0 saturated carbocycles. The van der Waals surface area contributed by atoms with Crippen LogP contribution in [0.25, 0.3) is 0 Å². The van der Waals surface area contributed by atoms with Gasteiger partial charge in [0.25, 0.3) is 0 Å². The van der Waals surface area contributed by atoms with Crippen molar-refractivity contribution >= 4 is 11.9 Å². The standard InChI is InChI=1S/C16H30N2O3/c1-4-8-16(15(20)21)9-7-10-18(12-16)11-14(19)17-13(5-2)6-3/h13H,4-12H2,1-3H3,(H,17,19)(H,20,21). The summed E-state index contributed by atoms with van der Waals surface area (Å²) >= 11 is 0. The van der Waals surface area contributed by atoms with E-state index in [1.165, 1.54) is 0 Å². The maximum absolute atomic E-state index is 12.1. The van der Waals surface area contributed by atoms with E-state index in [4.69, 9.17) is 0 Å². The van der Waals surface area contributed by atoms with Crippen molar-refractivity contribution in [3.63, 3.8) is 0 Å². The number of aliphatic carboxylic acids is 1. The molecule has 1 saturated heterocycles. The van der Waals surface area contributed by atoms with Gasteiger partial charge >= 0.3 is 5.97 Å². The molecule has 1 atom stereocenters. The summed E-state index contributed by atoms with van der Waals surface area (Å²) in [5, 5.41) is 12.6. The molecular weight excluding hydrogens is 268 g/mol. The minimum Gasteiger partial charge on any atom is -0.481 e. The van der Waals surface area contributed by atoms with Gasteiger partial charge in [0, 0.05) is 12.6 Å². The number of carboxylic acids is 1. The predicted octanol–water partition coefficient (Wildman–Crippen LogP) is 2.26. The predicted molar refractivity (Wildman–Crippen MR) is 83.2 cm³/mol. The zero-order chi connectivity index (χ0) is 15.9. The number of rotatable bonds is 8. The Morgan fingerprint density at radius 2 is 1.95 bits per heavy atom. The van der Waals surface area contributed by atoms with Crippen LogP contribution in [0.5, 0.6) is 0 Å². The lowest BCUT2D eigenvalue weighted by atomic mass is 9.76. The molecule has 0 aromatic carbocycles. The van der Waals surface area contributed by atoms with Gasteiger partial charge in [-0.15, -0.1) is 0 Å². The van der Waals surface area contributed by atoms with Crippen LogP contribution in [0.2, 0.25) is 0 Å². The molecule has 1 unspecified atom stereocenters. The number of amides is 1. The summed E-state index contributed by atoms with van der Waals surface area (Å²) < 4.78 is 0.